The summed E-state index contributed by atoms with van der Waals surface area (Å²) in [7, 11) is 0. The SMILES string of the molecule is CSc1nc(C)nc(-c2ccccc2)c1C#N. The first-order valence-corrected chi connectivity index (χ1v) is 6.37. The van der Waals surface area contributed by atoms with Gasteiger partial charge in [-0.2, -0.15) is 5.26 Å². The summed E-state index contributed by atoms with van der Waals surface area (Å²) in [5.74, 6) is 0.687. The third-order valence-corrected chi connectivity index (χ3v) is 3.02. The number of thioether (sulfide) groups is 1. The van der Waals surface area contributed by atoms with Crippen LogP contribution >= 0.6 is 11.8 Å². The van der Waals surface area contributed by atoms with Crippen molar-refractivity contribution in [3.05, 3.63) is 41.7 Å². The molecule has 0 atom stereocenters. The molecule has 0 spiro atoms. The highest BCUT2D eigenvalue weighted by molar-refractivity contribution is 7.98. The molecule has 0 fully saturated rings. The van der Waals surface area contributed by atoms with E-state index in [4.69, 9.17) is 0 Å². The third kappa shape index (κ3) is 2.29. The van der Waals surface area contributed by atoms with E-state index in [9.17, 15) is 5.26 Å². The molecule has 0 bridgehead atoms. The number of hydrogen-bond donors (Lipinski definition) is 0. The van der Waals surface area contributed by atoms with Gasteiger partial charge in [-0.25, -0.2) is 9.97 Å². The second-order valence-corrected chi connectivity index (χ2v) is 4.28. The predicted octanol–water partition coefficient (Wildman–Crippen LogP) is 3.05. The fraction of sp³-hybridized carbons (Fsp3) is 0.154. The topological polar surface area (TPSA) is 49.6 Å². The number of aryl methyl sites for hydroxylation is 1. The van der Waals surface area contributed by atoms with Crippen LogP contribution in [0.4, 0.5) is 0 Å². The van der Waals surface area contributed by atoms with Gasteiger partial charge in [-0.15, -0.1) is 11.8 Å². The average Bonchev–Trinajstić information content (AvgIpc) is 2.38. The molecule has 0 N–H and O–H groups in total. The molecule has 0 unspecified atom stereocenters. The molecule has 4 heteroatoms. The summed E-state index contributed by atoms with van der Waals surface area (Å²) in [5.41, 5.74) is 2.21. The molecule has 3 nitrogen and oxygen atoms in total. The molecule has 0 saturated heterocycles. The fourth-order valence-corrected chi connectivity index (χ4v) is 2.17. The largest absolute Gasteiger partial charge is 0.232 e. The molecule has 0 aliphatic carbocycles. The van der Waals surface area contributed by atoms with Gasteiger partial charge in [0, 0.05) is 5.56 Å². The van der Waals surface area contributed by atoms with Crippen molar-refractivity contribution in [1.82, 2.24) is 9.97 Å². The van der Waals surface area contributed by atoms with Gasteiger partial charge >= 0.3 is 0 Å². The molecule has 0 aliphatic rings. The molecule has 2 rings (SSSR count). The van der Waals surface area contributed by atoms with Gasteiger partial charge in [0.25, 0.3) is 0 Å². The summed E-state index contributed by atoms with van der Waals surface area (Å²) in [6.45, 7) is 1.84. The lowest BCUT2D eigenvalue weighted by molar-refractivity contribution is 0.962. The van der Waals surface area contributed by atoms with Gasteiger partial charge in [-0.1, -0.05) is 30.3 Å². The van der Waals surface area contributed by atoms with Gasteiger partial charge in [0.05, 0.1) is 5.69 Å². The molecule has 0 radical (unpaired) electrons. The van der Waals surface area contributed by atoms with E-state index in [2.05, 4.69) is 16.0 Å². The van der Waals surface area contributed by atoms with Crippen LogP contribution in [0.3, 0.4) is 0 Å². The van der Waals surface area contributed by atoms with Crippen molar-refractivity contribution in [1.29, 1.82) is 5.26 Å². The Bertz CT molecular complexity index is 573. The van der Waals surface area contributed by atoms with Crippen molar-refractivity contribution < 1.29 is 0 Å². The Morgan fingerprint density at radius 2 is 1.88 bits per heavy atom. The summed E-state index contributed by atoms with van der Waals surface area (Å²) in [5, 5.41) is 9.97. The van der Waals surface area contributed by atoms with Crippen LogP contribution in [-0.2, 0) is 0 Å². The highest BCUT2D eigenvalue weighted by atomic mass is 32.2. The van der Waals surface area contributed by atoms with Gasteiger partial charge < -0.3 is 0 Å². The van der Waals surface area contributed by atoms with Crippen LogP contribution in [0.1, 0.15) is 11.4 Å². The first-order chi connectivity index (χ1) is 8.26. The highest BCUT2D eigenvalue weighted by Gasteiger charge is 2.13. The molecule has 2 aromatic rings. The van der Waals surface area contributed by atoms with Crippen LogP contribution in [-0.4, -0.2) is 16.2 Å². The Hall–Kier alpha value is -1.86. The molecule has 84 valence electrons. The maximum absolute atomic E-state index is 9.24. The van der Waals surface area contributed by atoms with E-state index in [1.54, 1.807) is 0 Å². The zero-order chi connectivity index (χ0) is 12.3. The van der Waals surface area contributed by atoms with Crippen molar-refractivity contribution in [2.24, 2.45) is 0 Å². The predicted molar refractivity (Wildman–Crippen MR) is 68.7 cm³/mol. The normalized spacial score (nSPS) is 9.94. The second-order valence-electron chi connectivity index (χ2n) is 3.48. The van der Waals surface area contributed by atoms with E-state index in [0.29, 0.717) is 17.1 Å². The smallest absolute Gasteiger partial charge is 0.127 e. The molecule has 17 heavy (non-hydrogen) atoms. The molecular formula is C13H11N3S. The number of nitrogens with zero attached hydrogens (tertiary/aromatic N) is 3. The number of nitriles is 1. The van der Waals surface area contributed by atoms with E-state index >= 15 is 0 Å². The lowest BCUT2D eigenvalue weighted by Crippen LogP contribution is -1.98. The standard InChI is InChI=1S/C13H11N3S/c1-9-15-12(10-6-4-3-5-7-10)11(8-14)13(16-9)17-2/h3-7H,1-2H3. The van der Waals surface area contributed by atoms with Crippen LogP contribution in [0, 0.1) is 18.3 Å². The van der Waals surface area contributed by atoms with E-state index < -0.39 is 0 Å². The zero-order valence-corrected chi connectivity index (χ0v) is 10.5. The highest BCUT2D eigenvalue weighted by Crippen LogP contribution is 2.27. The summed E-state index contributed by atoms with van der Waals surface area (Å²) in [4.78, 5) is 8.65. The molecule has 0 amide bonds. The van der Waals surface area contributed by atoms with Gasteiger partial charge in [0.15, 0.2) is 0 Å². The first kappa shape index (κ1) is 11.6. The minimum atomic E-state index is 0.550. The summed E-state index contributed by atoms with van der Waals surface area (Å²) >= 11 is 1.47. The van der Waals surface area contributed by atoms with Crippen molar-refractivity contribution in [2.45, 2.75) is 11.9 Å². The van der Waals surface area contributed by atoms with E-state index in [0.717, 1.165) is 10.6 Å². The van der Waals surface area contributed by atoms with Gasteiger partial charge in [-0.3, -0.25) is 0 Å². The quantitative estimate of drug-likeness (QED) is 0.599. The van der Waals surface area contributed by atoms with Crippen LogP contribution in [0.25, 0.3) is 11.3 Å². The van der Waals surface area contributed by atoms with Crippen molar-refractivity contribution in [3.8, 4) is 17.3 Å². The van der Waals surface area contributed by atoms with E-state index in [1.807, 2.05) is 43.5 Å². The number of benzene rings is 1. The Kier molecular flexibility index (Phi) is 3.40. The minimum absolute atomic E-state index is 0.550. The summed E-state index contributed by atoms with van der Waals surface area (Å²) in [6.07, 6.45) is 1.91. The molecule has 0 saturated carbocycles. The maximum atomic E-state index is 9.24. The van der Waals surface area contributed by atoms with Crippen molar-refractivity contribution >= 4 is 11.8 Å². The summed E-state index contributed by atoms with van der Waals surface area (Å²) < 4.78 is 0. The van der Waals surface area contributed by atoms with E-state index in [-0.39, 0.29) is 0 Å². The Morgan fingerprint density at radius 1 is 1.18 bits per heavy atom. The molecule has 1 aromatic heterocycles. The zero-order valence-electron chi connectivity index (χ0n) is 9.64. The lowest BCUT2D eigenvalue weighted by atomic mass is 10.1. The maximum Gasteiger partial charge on any atom is 0.127 e. The fourth-order valence-electron chi connectivity index (χ4n) is 1.60. The van der Waals surface area contributed by atoms with Crippen LogP contribution in [0.2, 0.25) is 0 Å². The molecule has 1 aromatic carbocycles. The Balaban J connectivity index is 2.70. The summed E-state index contributed by atoms with van der Waals surface area (Å²) in [6, 6.07) is 11.9. The van der Waals surface area contributed by atoms with Crippen LogP contribution < -0.4 is 0 Å². The molecular weight excluding hydrogens is 230 g/mol. The minimum Gasteiger partial charge on any atom is -0.232 e. The second kappa shape index (κ2) is 4.98. The number of rotatable bonds is 2. The van der Waals surface area contributed by atoms with Crippen LogP contribution in [0.5, 0.6) is 0 Å². The average molecular weight is 241 g/mol. The number of aromatic nitrogens is 2. The lowest BCUT2D eigenvalue weighted by Gasteiger charge is -2.07. The third-order valence-electron chi connectivity index (χ3n) is 2.34. The van der Waals surface area contributed by atoms with Crippen LogP contribution in [0.15, 0.2) is 35.4 Å². The van der Waals surface area contributed by atoms with Crippen molar-refractivity contribution in [2.75, 3.05) is 6.26 Å². The number of hydrogen-bond acceptors (Lipinski definition) is 4. The molecule has 0 aliphatic heterocycles. The Labute approximate surface area is 105 Å². The Morgan fingerprint density at radius 3 is 2.47 bits per heavy atom. The monoisotopic (exact) mass is 241 g/mol. The van der Waals surface area contributed by atoms with E-state index in [1.165, 1.54) is 11.8 Å². The first-order valence-electron chi connectivity index (χ1n) is 5.14. The van der Waals surface area contributed by atoms with Crippen molar-refractivity contribution in [3.63, 3.8) is 0 Å². The molecule has 1 heterocycles. The van der Waals surface area contributed by atoms with Gasteiger partial charge in [0.1, 0.15) is 22.5 Å². The van der Waals surface area contributed by atoms with Gasteiger partial charge in [0.2, 0.25) is 0 Å². The van der Waals surface area contributed by atoms with Gasteiger partial charge in [-0.05, 0) is 13.2 Å².